The zero-order chi connectivity index (χ0) is 20.5. The van der Waals surface area contributed by atoms with Crippen LogP contribution >= 0.6 is 0 Å². The first-order chi connectivity index (χ1) is 14.2. The maximum Gasteiger partial charge on any atom is 0.374 e. The Labute approximate surface area is 169 Å². The molecule has 0 radical (unpaired) electrons. The van der Waals surface area contributed by atoms with Gasteiger partial charge in [-0.1, -0.05) is 66.7 Å². The molecular formula is C24H22O5. The predicted octanol–water partition coefficient (Wildman–Crippen LogP) is 4.13. The van der Waals surface area contributed by atoms with Gasteiger partial charge in [-0.2, -0.15) is 0 Å². The molecule has 0 atom stereocenters. The third kappa shape index (κ3) is 5.94. The quantitative estimate of drug-likeness (QED) is 0.406. The summed E-state index contributed by atoms with van der Waals surface area (Å²) in [5.74, 6) is -0.389. The molecule has 5 heteroatoms. The van der Waals surface area contributed by atoms with Gasteiger partial charge in [0, 0.05) is 6.42 Å². The highest BCUT2D eigenvalue weighted by Crippen LogP contribution is 2.30. The number of ether oxygens (including phenoxy) is 3. The molecule has 0 aliphatic heterocycles. The number of rotatable bonds is 9. The SMILES string of the molecule is COC(=O)C(=O)Cc1ccc(OCc2ccccc2)c(OCc2ccccc2)c1. The summed E-state index contributed by atoms with van der Waals surface area (Å²) in [6.45, 7) is 0.750. The molecule has 0 bridgehead atoms. The highest BCUT2D eigenvalue weighted by atomic mass is 16.5. The number of benzene rings is 3. The Morgan fingerprint density at radius 3 is 1.79 bits per heavy atom. The minimum Gasteiger partial charge on any atom is -0.485 e. The molecule has 0 heterocycles. The molecule has 0 saturated heterocycles. The first-order valence-electron chi connectivity index (χ1n) is 9.23. The van der Waals surface area contributed by atoms with E-state index in [0.29, 0.717) is 30.3 Å². The van der Waals surface area contributed by atoms with Crippen LogP contribution in [-0.2, 0) is 34.0 Å². The van der Waals surface area contributed by atoms with Gasteiger partial charge in [-0.05, 0) is 28.8 Å². The molecule has 0 N–H and O–H groups in total. The Kier molecular flexibility index (Phi) is 7.00. The maximum atomic E-state index is 11.9. The van der Waals surface area contributed by atoms with E-state index in [0.717, 1.165) is 11.1 Å². The minimum atomic E-state index is -0.860. The molecule has 0 amide bonds. The largest absolute Gasteiger partial charge is 0.485 e. The third-order valence-corrected chi connectivity index (χ3v) is 4.26. The lowest BCUT2D eigenvalue weighted by Crippen LogP contribution is -2.17. The summed E-state index contributed by atoms with van der Waals surface area (Å²) in [7, 11) is 1.19. The van der Waals surface area contributed by atoms with Crippen LogP contribution in [0.2, 0.25) is 0 Å². The zero-order valence-electron chi connectivity index (χ0n) is 16.2. The second kappa shape index (κ2) is 10.1. The van der Waals surface area contributed by atoms with Crippen molar-refractivity contribution in [2.24, 2.45) is 0 Å². The Morgan fingerprint density at radius 2 is 1.24 bits per heavy atom. The summed E-state index contributed by atoms with van der Waals surface area (Å²) in [6, 6.07) is 24.8. The van der Waals surface area contributed by atoms with E-state index < -0.39 is 11.8 Å². The van der Waals surface area contributed by atoms with Gasteiger partial charge in [-0.25, -0.2) is 4.79 Å². The molecule has 3 aromatic carbocycles. The van der Waals surface area contributed by atoms with E-state index in [1.54, 1.807) is 18.2 Å². The molecule has 3 rings (SSSR count). The maximum absolute atomic E-state index is 11.9. The number of esters is 1. The van der Waals surface area contributed by atoms with Crippen LogP contribution in [0.15, 0.2) is 78.9 Å². The summed E-state index contributed by atoms with van der Waals surface area (Å²) in [5.41, 5.74) is 2.69. The molecule has 3 aromatic rings. The molecule has 5 nitrogen and oxygen atoms in total. The topological polar surface area (TPSA) is 61.8 Å². The fraction of sp³-hybridized carbons (Fsp3) is 0.167. The van der Waals surface area contributed by atoms with E-state index in [9.17, 15) is 9.59 Å². The molecule has 0 aliphatic rings. The van der Waals surface area contributed by atoms with E-state index in [2.05, 4.69) is 4.74 Å². The molecule has 29 heavy (non-hydrogen) atoms. The molecule has 0 spiro atoms. The van der Waals surface area contributed by atoms with Crippen LogP contribution in [0.3, 0.4) is 0 Å². The van der Waals surface area contributed by atoms with E-state index in [1.807, 2.05) is 60.7 Å². The van der Waals surface area contributed by atoms with Crippen LogP contribution in [0, 0.1) is 0 Å². The van der Waals surface area contributed by atoms with Gasteiger partial charge in [0.2, 0.25) is 5.78 Å². The summed E-state index contributed by atoms with van der Waals surface area (Å²) < 4.78 is 16.4. The summed E-state index contributed by atoms with van der Waals surface area (Å²) >= 11 is 0. The molecule has 0 aromatic heterocycles. The van der Waals surface area contributed by atoms with Crippen molar-refractivity contribution in [3.05, 3.63) is 95.6 Å². The Hall–Kier alpha value is -3.60. The zero-order valence-corrected chi connectivity index (χ0v) is 16.2. The highest BCUT2D eigenvalue weighted by molar-refractivity contribution is 6.34. The van der Waals surface area contributed by atoms with Crippen molar-refractivity contribution in [3.8, 4) is 11.5 Å². The first kappa shape index (κ1) is 20.1. The van der Waals surface area contributed by atoms with Crippen molar-refractivity contribution in [3.63, 3.8) is 0 Å². The van der Waals surface area contributed by atoms with Gasteiger partial charge >= 0.3 is 5.97 Å². The number of carbonyl (C=O) groups is 2. The second-order valence-corrected chi connectivity index (χ2v) is 6.42. The van der Waals surface area contributed by atoms with Crippen molar-refractivity contribution in [2.75, 3.05) is 7.11 Å². The smallest absolute Gasteiger partial charge is 0.374 e. The van der Waals surface area contributed by atoms with Crippen LogP contribution in [0.5, 0.6) is 11.5 Å². The van der Waals surface area contributed by atoms with Crippen LogP contribution < -0.4 is 9.47 Å². The summed E-state index contributed by atoms with van der Waals surface area (Å²) in [6.07, 6.45) is -0.0622. The number of Topliss-reactive ketones (excluding diaryl/α,β-unsaturated/α-hetero) is 1. The number of hydrogen-bond acceptors (Lipinski definition) is 5. The van der Waals surface area contributed by atoms with Crippen LogP contribution in [-0.4, -0.2) is 18.9 Å². The molecule has 0 unspecified atom stereocenters. The standard InChI is InChI=1S/C24H22O5/c1-27-24(26)21(25)14-20-12-13-22(28-16-18-8-4-2-5-9-18)23(15-20)29-17-19-10-6-3-7-11-19/h2-13,15H,14,16-17H2,1H3. The lowest BCUT2D eigenvalue weighted by atomic mass is 10.1. The molecule has 0 saturated carbocycles. The van der Waals surface area contributed by atoms with Crippen molar-refractivity contribution in [1.82, 2.24) is 0 Å². The fourth-order valence-corrected chi connectivity index (χ4v) is 2.74. The molecule has 0 fully saturated rings. The minimum absolute atomic E-state index is 0.0622. The van der Waals surface area contributed by atoms with Crippen molar-refractivity contribution in [1.29, 1.82) is 0 Å². The van der Waals surface area contributed by atoms with E-state index in [4.69, 9.17) is 9.47 Å². The van der Waals surface area contributed by atoms with Crippen LogP contribution in [0.25, 0.3) is 0 Å². The molecule has 0 aliphatic carbocycles. The number of hydrogen-bond donors (Lipinski definition) is 0. The van der Waals surface area contributed by atoms with E-state index in [1.165, 1.54) is 7.11 Å². The van der Waals surface area contributed by atoms with Gasteiger partial charge in [0.05, 0.1) is 7.11 Å². The van der Waals surface area contributed by atoms with Gasteiger partial charge < -0.3 is 14.2 Å². The predicted molar refractivity (Wildman–Crippen MR) is 109 cm³/mol. The Balaban J connectivity index is 1.77. The molecular weight excluding hydrogens is 368 g/mol. The average Bonchev–Trinajstić information content (AvgIpc) is 2.77. The Bertz CT molecular complexity index is 952. The molecule has 148 valence electrons. The van der Waals surface area contributed by atoms with Gasteiger partial charge in [0.15, 0.2) is 11.5 Å². The summed E-state index contributed by atoms with van der Waals surface area (Å²) in [4.78, 5) is 23.3. The first-order valence-corrected chi connectivity index (χ1v) is 9.23. The lowest BCUT2D eigenvalue weighted by molar-refractivity contribution is -0.151. The van der Waals surface area contributed by atoms with Crippen molar-refractivity contribution >= 4 is 11.8 Å². The van der Waals surface area contributed by atoms with Gasteiger partial charge in [-0.15, -0.1) is 0 Å². The third-order valence-electron chi connectivity index (χ3n) is 4.26. The lowest BCUT2D eigenvalue weighted by Gasteiger charge is -2.14. The van der Waals surface area contributed by atoms with Crippen LogP contribution in [0.4, 0.5) is 0 Å². The van der Waals surface area contributed by atoms with Gasteiger partial charge in [0.25, 0.3) is 0 Å². The normalized spacial score (nSPS) is 10.2. The Morgan fingerprint density at radius 1 is 0.690 bits per heavy atom. The number of methoxy groups -OCH3 is 1. The van der Waals surface area contributed by atoms with E-state index >= 15 is 0 Å². The van der Waals surface area contributed by atoms with Crippen LogP contribution in [0.1, 0.15) is 16.7 Å². The monoisotopic (exact) mass is 390 g/mol. The highest BCUT2D eigenvalue weighted by Gasteiger charge is 2.16. The van der Waals surface area contributed by atoms with Crippen molar-refractivity contribution in [2.45, 2.75) is 19.6 Å². The number of ketones is 1. The van der Waals surface area contributed by atoms with Gasteiger partial charge in [0.1, 0.15) is 13.2 Å². The fourth-order valence-electron chi connectivity index (χ4n) is 2.74. The average molecular weight is 390 g/mol. The summed E-state index contributed by atoms with van der Waals surface area (Å²) in [5, 5.41) is 0. The van der Waals surface area contributed by atoms with Gasteiger partial charge in [-0.3, -0.25) is 4.79 Å². The van der Waals surface area contributed by atoms with Crippen molar-refractivity contribution < 1.29 is 23.8 Å². The van der Waals surface area contributed by atoms with E-state index in [-0.39, 0.29) is 6.42 Å². The number of carbonyl (C=O) groups excluding carboxylic acids is 2. The second-order valence-electron chi connectivity index (χ2n) is 6.42.